The fraction of sp³-hybridized carbons (Fsp3) is 0.385. The van der Waals surface area contributed by atoms with E-state index in [1.165, 1.54) is 0 Å². The Morgan fingerprint density at radius 2 is 1.73 bits per heavy atom. The maximum Gasteiger partial charge on any atom is 0.243 e. The third-order valence-electron chi connectivity index (χ3n) is 6.70. The summed E-state index contributed by atoms with van der Waals surface area (Å²) in [6.45, 7) is 2.53. The molecule has 3 aromatic rings. The standard InChI is InChI=1S/C25H27N3O3S.CH4/c1-27-10-12-28(13-11-27)32(30,31)22-6-4-19(5-7-22)23-16-24(23)25(29)15-18-2-3-21-17-26-9-8-20(21)14-18;/h2-9,14,17,23-24H,10-13,15-16H2,1H3;1H4/t23?,24-;/m1./s1. The summed E-state index contributed by atoms with van der Waals surface area (Å²) in [5.41, 5.74) is 2.07. The number of pyridine rings is 1. The molecule has 2 fully saturated rings. The highest BCUT2D eigenvalue weighted by molar-refractivity contribution is 7.89. The van der Waals surface area contributed by atoms with Crippen LogP contribution in [0.3, 0.4) is 0 Å². The van der Waals surface area contributed by atoms with Crippen LogP contribution in [0.5, 0.6) is 0 Å². The van der Waals surface area contributed by atoms with Crippen molar-refractivity contribution in [1.82, 2.24) is 14.2 Å². The maximum absolute atomic E-state index is 12.9. The van der Waals surface area contributed by atoms with Gasteiger partial charge >= 0.3 is 0 Å². The van der Waals surface area contributed by atoms with Crippen molar-refractivity contribution < 1.29 is 13.2 Å². The number of benzene rings is 2. The molecule has 174 valence electrons. The Balaban J connectivity index is 0.00000259. The number of rotatable bonds is 6. The SMILES string of the molecule is C.CN1CCN(S(=O)(=O)c2ccc(C3C[C@H]3C(=O)Cc3ccc4cnccc4c3)cc2)CC1. The summed E-state index contributed by atoms with van der Waals surface area (Å²) in [4.78, 5) is 19.4. The lowest BCUT2D eigenvalue weighted by Gasteiger charge is -2.31. The van der Waals surface area contributed by atoms with Crippen molar-refractivity contribution in [2.75, 3.05) is 33.2 Å². The minimum Gasteiger partial charge on any atom is -0.304 e. The first-order valence-electron chi connectivity index (χ1n) is 11.1. The summed E-state index contributed by atoms with van der Waals surface area (Å²) in [7, 11) is -1.46. The topological polar surface area (TPSA) is 70.6 Å². The van der Waals surface area contributed by atoms with E-state index in [9.17, 15) is 13.2 Å². The molecule has 0 radical (unpaired) electrons. The molecule has 2 atom stereocenters. The predicted octanol–water partition coefficient (Wildman–Crippen LogP) is 3.72. The molecule has 2 aliphatic rings. The van der Waals surface area contributed by atoms with Crippen molar-refractivity contribution in [3.05, 3.63) is 72.1 Å². The van der Waals surface area contributed by atoms with Gasteiger partial charge in [-0.15, -0.1) is 0 Å². The number of likely N-dealkylation sites (N-methyl/N-ethyl adjacent to an activating group) is 1. The largest absolute Gasteiger partial charge is 0.304 e. The number of hydrogen-bond acceptors (Lipinski definition) is 5. The van der Waals surface area contributed by atoms with Gasteiger partial charge in [-0.2, -0.15) is 4.31 Å². The third-order valence-corrected chi connectivity index (χ3v) is 8.61. The molecule has 1 saturated heterocycles. The van der Waals surface area contributed by atoms with Gasteiger partial charge in [-0.25, -0.2) is 8.42 Å². The molecule has 7 heteroatoms. The highest BCUT2D eigenvalue weighted by Gasteiger charge is 2.43. The molecule has 1 unspecified atom stereocenters. The number of aromatic nitrogens is 1. The average Bonchev–Trinajstić information content (AvgIpc) is 3.61. The van der Waals surface area contributed by atoms with Crippen molar-refractivity contribution in [3.63, 3.8) is 0 Å². The quantitative estimate of drug-likeness (QED) is 0.555. The van der Waals surface area contributed by atoms with Crippen LogP contribution in [0.1, 0.15) is 30.9 Å². The van der Waals surface area contributed by atoms with Gasteiger partial charge in [0.05, 0.1) is 4.90 Å². The normalized spacial score (nSPS) is 21.5. The number of piperazine rings is 1. The highest BCUT2D eigenvalue weighted by Crippen LogP contribution is 2.48. The predicted molar refractivity (Wildman–Crippen MR) is 131 cm³/mol. The van der Waals surface area contributed by atoms with Gasteiger partial charge in [0.25, 0.3) is 0 Å². The molecule has 33 heavy (non-hydrogen) atoms. The Bertz CT molecular complexity index is 1250. The molecule has 1 aromatic heterocycles. The summed E-state index contributed by atoms with van der Waals surface area (Å²) >= 11 is 0. The fourth-order valence-corrected chi connectivity index (χ4v) is 5.98. The van der Waals surface area contributed by atoms with Crippen LogP contribution in [-0.2, 0) is 21.2 Å². The Morgan fingerprint density at radius 3 is 2.45 bits per heavy atom. The molecule has 1 aliphatic heterocycles. The number of hydrogen-bond donors (Lipinski definition) is 0. The molecule has 6 nitrogen and oxygen atoms in total. The number of sulfonamides is 1. The summed E-state index contributed by atoms with van der Waals surface area (Å²) < 4.78 is 27.4. The lowest BCUT2D eigenvalue weighted by Crippen LogP contribution is -2.46. The van der Waals surface area contributed by atoms with E-state index in [0.717, 1.165) is 41.4 Å². The van der Waals surface area contributed by atoms with Crippen LogP contribution in [0, 0.1) is 5.92 Å². The van der Waals surface area contributed by atoms with E-state index in [0.29, 0.717) is 24.4 Å². The Morgan fingerprint density at radius 1 is 1.00 bits per heavy atom. The first kappa shape index (κ1) is 23.5. The van der Waals surface area contributed by atoms with Crippen molar-refractivity contribution in [2.45, 2.75) is 31.1 Å². The van der Waals surface area contributed by atoms with Crippen LogP contribution in [0.25, 0.3) is 10.8 Å². The summed E-state index contributed by atoms with van der Waals surface area (Å²) in [5, 5.41) is 2.16. The molecule has 2 heterocycles. The van der Waals surface area contributed by atoms with Gasteiger partial charge in [0, 0.05) is 56.3 Å². The minimum absolute atomic E-state index is 0. The van der Waals surface area contributed by atoms with Crippen molar-refractivity contribution in [3.8, 4) is 0 Å². The fourth-order valence-electron chi connectivity index (χ4n) is 4.56. The molecule has 0 spiro atoms. The molecule has 1 aliphatic carbocycles. The monoisotopic (exact) mass is 465 g/mol. The summed E-state index contributed by atoms with van der Waals surface area (Å²) in [6, 6.07) is 15.2. The van der Waals surface area contributed by atoms with Crippen LogP contribution in [0.15, 0.2) is 65.8 Å². The van der Waals surface area contributed by atoms with Gasteiger partial charge in [0.1, 0.15) is 5.78 Å². The average molecular weight is 466 g/mol. The lowest BCUT2D eigenvalue weighted by molar-refractivity contribution is -0.119. The Kier molecular flexibility index (Phi) is 6.66. The van der Waals surface area contributed by atoms with E-state index in [1.54, 1.807) is 22.6 Å². The van der Waals surface area contributed by atoms with Crippen LogP contribution in [-0.4, -0.2) is 61.6 Å². The molecular formula is C26H31N3O3S. The number of carbonyl (C=O) groups excluding carboxylic acids is 1. The second-order valence-electron chi connectivity index (χ2n) is 8.93. The molecular weight excluding hydrogens is 434 g/mol. The Labute approximate surface area is 196 Å². The van der Waals surface area contributed by atoms with Crippen LogP contribution < -0.4 is 0 Å². The third kappa shape index (κ3) is 4.86. The zero-order valence-electron chi connectivity index (χ0n) is 18.1. The van der Waals surface area contributed by atoms with Gasteiger partial charge in [0.2, 0.25) is 10.0 Å². The van der Waals surface area contributed by atoms with Gasteiger partial charge in [-0.05, 0) is 54.1 Å². The number of nitrogens with zero attached hydrogens (tertiary/aromatic N) is 3. The first-order chi connectivity index (χ1) is 15.4. The van der Waals surface area contributed by atoms with Crippen LogP contribution >= 0.6 is 0 Å². The van der Waals surface area contributed by atoms with Crippen molar-refractivity contribution in [1.29, 1.82) is 0 Å². The maximum atomic E-state index is 12.9. The van der Waals surface area contributed by atoms with Crippen molar-refractivity contribution >= 4 is 26.6 Å². The van der Waals surface area contributed by atoms with Crippen LogP contribution in [0.4, 0.5) is 0 Å². The minimum atomic E-state index is -3.46. The molecule has 1 saturated carbocycles. The number of Topliss-reactive ketones (excluding diaryl/α,β-unsaturated/α-hetero) is 1. The zero-order valence-corrected chi connectivity index (χ0v) is 19.0. The number of carbonyl (C=O) groups is 1. The molecule has 2 aromatic carbocycles. The second kappa shape index (κ2) is 9.33. The van der Waals surface area contributed by atoms with Gasteiger partial charge in [0.15, 0.2) is 0 Å². The summed E-state index contributed by atoms with van der Waals surface area (Å²) in [5.74, 6) is 0.452. The highest BCUT2D eigenvalue weighted by atomic mass is 32.2. The van der Waals surface area contributed by atoms with Gasteiger partial charge in [-0.3, -0.25) is 9.78 Å². The first-order valence-corrected chi connectivity index (χ1v) is 12.5. The Hall–Kier alpha value is -2.61. The molecule has 0 bridgehead atoms. The molecule has 0 amide bonds. The van der Waals surface area contributed by atoms with Gasteiger partial charge < -0.3 is 4.90 Å². The smallest absolute Gasteiger partial charge is 0.243 e. The van der Waals surface area contributed by atoms with E-state index < -0.39 is 10.0 Å². The lowest BCUT2D eigenvalue weighted by atomic mass is 10.0. The van der Waals surface area contributed by atoms with E-state index in [1.807, 2.05) is 43.6 Å². The number of ketones is 1. The zero-order chi connectivity index (χ0) is 22.3. The van der Waals surface area contributed by atoms with Crippen LogP contribution in [0.2, 0.25) is 0 Å². The second-order valence-corrected chi connectivity index (χ2v) is 10.9. The molecule has 0 N–H and O–H groups in total. The molecule has 5 rings (SSSR count). The van der Waals surface area contributed by atoms with Crippen molar-refractivity contribution in [2.24, 2.45) is 5.92 Å². The van der Waals surface area contributed by atoms with E-state index >= 15 is 0 Å². The number of fused-ring (bicyclic) bond motifs is 1. The van der Waals surface area contributed by atoms with E-state index in [4.69, 9.17) is 0 Å². The van der Waals surface area contributed by atoms with E-state index in [2.05, 4.69) is 16.0 Å². The van der Waals surface area contributed by atoms with E-state index in [-0.39, 0.29) is 25.0 Å². The summed E-state index contributed by atoms with van der Waals surface area (Å²) in [6.07, 6.45) is 4.85. The van der Waals surface area contributed by atoms with Gasteiger partial charge in [-0.1, -0.05) is 37.8 Å².